The average molecular weight is 478 g/mol. The van der Waals surface area contributed by atoms with Gasteiger partial charge in [0, 0.05) is 29.4 Å². The molecule has 0 spiro atoms. The number of amides is 2. The molecule has 0 saturated carbocycles. The van der Waals surface area contributed by atoms with E-state index in [0.717, 1.165) is 11.3 Å². The molecule has 0 saturated heterocycles. The molecular weight excluding hydrogens is 450 g/mol. The number of nitrogens with one attached hydrogen (secondary N) is 2. The highest BCUT2D eigenvalue weighted by Gasteiger charge is 2.29. The van der Waals surface area contributed by atoms with Crippen LogP contribution in [0.3, 0.4) is 0 Å². The Kier molecular flexibility index (Phi) is 7.59. The fraction of sp³-hybridized carbons (Fsp3) is 0.391. The molecule has 9 heteroatoms. The van der Waals surface area contributed by atoms with Crippen molar-refractivity contribution in [2.24, 2.45) is 5.92 Å². The van der Waals surface area contributed by atoms with Crippen LogP contribution in [0.4, 0.5) is 11.4 Å². The summed E-state index contributed by atoms with van der Waals surface area (Å²) in [4.78, 5) is 26.7. The van der Waals surface area contributed by atoms with Crippen molar-refractivity contribution in [2.45, 2.75) is 51.0 Å². The topological polar surface area (TPSA) is 95.6 Å². The van der Waals surface area contributed by atoms with Gasteiger partial charge in [-0.3, -0.25) is 9.59 Å². The van der Waals surface area contributed by atoms with Crippen LogP contribution in [-0.4, -0.2) is 32.8 Å². The fourth-order valence-corrected chi connectivity index (χ4v) is 5.08. The third-order valence-electron chi connectivity index (χ3n) is 5.29. The second kappa shape index (κ2) is 10.0. The molecule has 172 valence electrons. The van der Waals surface area contributed by atoms with Gasteiger partial charge in [-0.2, -0.15) is 4.72 Å². The van der Waals surface area contributed by atoms with Crippen LogP contribution in [-0.2, 0) is 26.0 Å². The first kappa shape index (κ1) is 24.2. The Hall–Kier alpha value is -2.42. The second-order valence-electron chi connectivity index (χ2n) is 8.24. The predicted molar refractivity (Wildman–Crippen MR) is 126 cm³/mol. The van der Waals surface area contributed by atoms with Crippen molar-refractivity contribution in [3.8, 4) is 0 Å². The quantitative estimate of drug-likeness (QED) is 0.601. The molecule has 0 radical (unpaired) electrons. The van der Waals surface area contributed by atoms with E-state index in [1.807, 2.05) is 13.8 Å². The number of benzene rings is 2. The number of halogens is 1. The van der Waals surface area contributed by atoms with Gasteiger partial charge in [0.05, 0.1) is 4.90 Å². The Morgan fingerprint density at radius 1 is 1.12 bits per heavy atom. The molecular formula is C23H28ClN3O4S. The minimum Gasteiger partial charge on any atom is -0.325 e. The van der Waals surface area contributed by atoms with Gasteiger partial charge in [0.2, 0.25) is 21.8 Å². The lowest BCUT2D eigenvalue weighted by molar-refractivity contribution is -0.118. The average Bonchev–Trinajstić information content (AvgIpc) is 3.17. The maximum atomic E-state index is 13.1. The second-order valence-corrected chi connectivity index (χ2v) is 10.4. The molecule has 1 aliphatic heterocycles. The largest absolute Gasteiger partial charge is 0.325 e. The van der Waals surface area contributed by atoms with E-state index in [1.54, 1.807) is 48.2 Å². The lowest BCUT2D eigenvalue weighted by Crippen LogP contribution is -2.44. The molecule has 1 aliphatic rings. The first-order chi connectivity index (χ1) is 15.1. The summed E-state index contributed by atoms with van der Waals surface area (Å²) >= 11 is 5.88. The van der Waals surface area contributed by atoms with Crippen LogP contribution in [0.15, 0.2) is 47.4 Å². The fourth-order valence-electron chi connectivity index (χ4n) is 3.69. The lowest BCUT2D eigenvalue weighted by Gasteiger charge is -2.21. The number of nitrogens with zero attached hydrogens (tertiary/aromatic N) is 1. The van der Waals surface area contributed by atoms with Crippen molar-refractivity contribution in [2.75, 3.05) is 16.8 Å². The monoisotopic (exact) mass is 477 g/mol. The Morgan fingerprint density at radius 3 is 2.44 bits per heavy atom. The van der Waals surface area contributed by atoms with Crippen LogP contribution < -0.4 is 14.9 Å². The van der Waals surface area contributed by atoms with Crippen LogP contribution in [0.1, 0.15) is 39.2 Å². The number of anilines is 2. The molecule has 32 heavy (non-hydrogen) atoms. The molecule has 0 bridgehead atoms. The Balaban J connectivity index is 1.80. The molecule has 2 amide bonds. The zero-order valence-electron chi connectivity index (χ0n) is 18.4. The van der Waals surface area contributed by atoms with Gasteiger partial charge in [-0.1, -0.05) is 32.4 Å². The maximum Gasteiger partial charge on any atom is 0.242 e. The Bertz CT molecular complexity index is 1100. The zero-order chi connectivity index (χ0) is 23.5. The Morgan fingerprint density at radius 2 is 1.81 bits per heavy atom. The summed E-state index contributed by atoms with van der Waals surface area (Å²) in [5.41, 5.74) is 2.08. The number of hydrogen-bond acceptors (Lipinski definition) is 4. The van der Waals surface area contributed by atoms with Gasteiger partial charge in [0.15, 0.2) is 0 Å². The number of rotatable bonds is 8. The van der Waals surface area contributed by atoms with Gasteiger partial charge >= 0.3 is 0 Å². The zero-order valence-corrected chi connectivity index (χ0v) is 20.0. The molecule has 2 aromatic rings. The van der Waals surface area contributed by atoms with Crippen molar-refractivity contribution >= 4 is 44.8 Å². The van der Waals surface area contributed by atoms with Crippen molar-refractivity contribution in [1.82, 2.24) is 4.72 Å². The number of hydrogen-bond donors (Lipinski definition) is 2. The predicted octanol–water partition coefficient (Wildman–Crippen LogP) is 3.97. The number of sulfonamides is 1. The van der Waals surface area contributed by atoms with Crippen LogP contribution in [0.5, 0.6) is 0 Å². The van der Waals surface area contributed by atoms with E-state index in [0.29, 0.717) is 36.5 Å². The molecule has 1 heterocycles. The van der Waals surface area contributed by atoms with Gasteiger partial charge < -0.3 is 10.2 Å². The Labute approximate surface area is 194 Å². The van der Waals surface area contributed by atoms with E-state index in [9.17, 15) is 18.0 Å². The molecule has 2 N–H and O–H groups in total. The van der Waals surface area contributed by atoms with Gasteiger partial charge in [-0.15, -0.1) is 0 Å². The van der Waals surface area contributed by atoms with E-state index >= 15 is 0 Å². The van der Waals surface area contributed by atoms with E-state index in [4.69, 9.17) is 11.6 Å². The number of carbonyl (C=O) groups excluding carboxylic acids is 2. The number of carbonyl (C=O) groups is 2. The third kappa shape index (κ3) is 5.68. The molecule has 0 fully saturated rings. The van der Waals surface area contributed by atoms with Crippen LogP contribution in [0.25, 0.3) is 0 Å². The standard InChI is InChI=1S/C23H28ClN3O4S/c1-4-22(28)27-12-11-16-14-19(9-10-21(16)27)32(30,31)26-20(13-15(2)3)23(29)25-18-7-5-17(24)6-8-18/h5-10,14-15,20,26H,4,11-13H2,1-3H3,(H,25,29)/t20-/m0/s1. The van der Waals surface area contributed by atoms with Crippen molar-refractivity contribution < 1.29 is 18.0 Å². The summed E-state index contributed by atoms with van der Waals surface area (Å²) in [5, 5.41) is 3.29. The van der Waals surface area contributed by atoms with E-state index < -0.39 is 22.0 Å². The van der Waals surface area contributed by atoms with E-state index in [-0.39, 0.29) is 16.7 Å². The summed E-state index contributed by atoms with van der Waals surface area (Å²) in [6.07, 6.45) is 1.32. The first-order valence-corrected chi connectivity index (χ1v) is 12.5. The minimum atomic E-state index is -3.95. The van der Waals surface area contributed by atoms with Gasteiger partial charge in [0.25, 0.3) is 0 Å². The number of fused-ring (bicyclic) bond motifs is 1. The van der Waals surface area contributed by atoms with Crippen LogP contribution >= 0.6 is 11.6 Å². The smallest absolute Gasteiger partial charge is 0.242 e. The molecule has 2 aromatic carbocycles. The molecule has 0 aromatic heterocycles. The van der Waals surface area contributed by atoms with Crippen LogP contribution in [0.2, 0.25) is 5.02 Å². The third-order valence-corrected chi connectivity index (χ3v) is 7.01. The summed E-state index contributed by atoms with van der Waals surface area (Å²) in [6, 6.07) is 10.4. The molecule has 0 aliphatic carbocycles. The lowest BCUT2D eigenvalue weighted by atomic mass is 10.0. The summed E-state index contributed by atoms with van der Waals surface area (Å²) in [7, 11) is -3.95. The summed E-state index contributed by atoms with van der Waals surface area (Å²) < 4.78 is 28.8. The van der Waals surface area contributed by atoms with Crippen molar-refractivity contribution in [3.63, 3.8) is 0 Å². The maximum absolute atomic E-state index is 13.1. The van der Waals surface area contributed by atoms with E-state index in [2.05, 4.69) is 10.0 Å². The van der Waals surface area contributed by atoms with Crippen molar-refractivity contribution in [1.29, 1.82) is 0 Å². The van der Waals surface area contributed by atoms with Crippen LogP contribution in [0, 0.1) is 5.92 Å². The highest BCUT2D eigenvalue weighted by atomic mass is 35.5. The summed E-state index contributed by atoms with van der Waals surface area (Å²) in [5.74, 6) is -0.342. The van der Waals surface area contributed by atoms with Gasteiger partial charge in [-0.05, 0) is 66.8 Å². The minimum absolute atomic E-state index is 0.00773. The SMILES string of the molecule is CCC(=O)N1CCc2cc(S(=O)(=O)N[C@@H](CC(C)C)C(=O)Nc3ccc(Cl)cc3)ccc21. The molecule has 0 unspecified atom stereocenters. The highest BCUT2D eigenvalue weighted by Crippen LogP contribution is 2.31. The summed E-state index contributed by atoms with van der Waals surface area (Å²) in [6.45, 7) is 6.18. The van der Waals surface area contributed by atoms with Gasteiger partial charge in [-0.25, -0.2) is 8.42 Å². The van der Waals surface area contributed by atoms with Crippen molar-refractivity contribution in [3.05, 3.63) is 53.1 Å². The normalized spacial score (nSPS) is 14.3. The molecule has 7 nitrogen and oxygen atoms in total. The first-order valence-electron chi connectivity index (χ1n) is 10.6. The van der Waals surface area contributed by atoms with E-state index in [1.165, 1.54) is 6.07 Å². The highest BCUT2D eigenvalue weighted by molar-refractivity contribution is 7.89. The molecule has 3 rings (SSSR count). The molecule has 1 atom stereocenters. The van der Waals surface area contributed by atoms with Gasteiger partial charge in [0.1, 0.15) is 6.04 Å².